The quantitative estimate of drug-likeness (QED) is 0.521. The number of aromatic nitrogens is 4. The Bertz CT molecular complexity index is 1270. The maximum absolute atomic E-state index is 12.8. The van der Waals surface area contributed by atoms with Crippen LogP contribution in [0.5, 0.6) is 0 Å². The third kappa shape index (κ3) is 5.83. The Morgan fingerprint density at radius 1 is 1.31 bits per heavy atom. The van der Waals surface area contributed by atoms with Gasteiger partial charge in [-0.3, -0.25) is 19.2 Å². The van der Waals surface area contributed by atoms with Crippen LogP contribution in [-0.2, 0) is 11.8 Å². The number of hydrogen-bond donors (Lipinski definition) is 2. The van der Waals surface area contributed by atoms with Crippen LogP contribution in [0.25, 0.3) is 11.5 Å². The van der Waals surface area contributed by atoms with Crippen LogP contribution in [0.2, 0.25) is 0 Å². The van der Waals surface area contributed by atoms with Gasteiger partial charge in [-0.05, 0) is 51.7 Å². The standard InChI is InChI=1S/C23H27N7O5/c1-23(2,3)35-22(33)30(10-13-5-6-13)17-9-14(7-8-25-17)21-27-16(12-34-21)20(32)26-15-11-29(4)28-18(15)19(24)31/h7-9,11-13H,5-6,10H2,1-4H3,(H2,24,31)(H,26,32). The first kappa shape index (κ1) is 23.9. The minimum absolute atomic E-state index is 0.0142. The van der Waals surface area contributed by atoms with E-state index < -0.39 is 23.5 Å². The van der Waals surface area contributed by atoms with Gasteiger partial charge >= 0.3 is 6.09 Å². The Morgan fingerprint density at radius 2 is 2.06 bits per heavy atom. The largest absolute Gasteiger partial charge is 0.444 e. The van der Waals surface area contributed by atoms with E-state index in [4.69, 9.17) is 14.9 Å². The number of carbonyl (C=O) groups is 3. The summed E-state index contributed by atoms with van der Waals surface area (Å²) in [5.41, 5.74) is 5.26. The molecule has 3 N–H and O–H groups in total. The number of aryl methyl sites for hydroxylation is 1. The average molecular weight is 482 g/mol. The fourth-order valence-electron chi connectivity index (χ4n) is 3.30. The lowest BCUT2D eigenvalue weighted by molar-refractivity contribution is 0.0577. The van der Waals surface area contributed by atoms with Crippen LogP contribution in [0.1, 0.15) is 54.6 Å². The molecular formula is C23H27N7O5. The van der Waals surface area contributed by atoms with Gasteiger partial charge in [0.05, 0.1) is 5.69 Å². The number of anilines is 2. The first-order valence-electron chi connectivity index (χ1n) is 11.1. The van der Waals surface area contributed by atoms with Crippen LogP contribution in [0.3, 0.4) is 0 Å². The van der Waals surface area contributed by atoms with Gasteiger partial charge in [0.2, 0.25) is 5.89 Å². The van der Waals surface area contributed by atoms with E-state index in [0.717, 1.165) is 12.8 Å². The van der Waals surface area contributed by atoms with Crippen LogP contribution < -0.4 is 16.0 Å². The molecule has 12 heteroatoms. The van der Waals surface area contributed by atoms with E-state index in [-0.39, 0.29) is 23.0 Å². The molecule has 3 amide bonds. The van der Waals surface area contributed by atoms with Crippen LogP contribution >= 0.6 is 0 Å². The summed E-state index contributed by atoms with van der Waals surface area (Å²) in [5.74, 6) is -0.409. The van der Waals surface area contributed by atoms with E-state index in [1.807, 2.05) is 0 Å². The SMILES string of the molecule is Cn1cc(NC(=O)c2coc(-c3ccnc(N(CC4CC4)C(=O)OC(C)(C)C)c3)n2)c(C(N)=O)n1. The summed E-state index contributed by atoms with van der Waals surface area (Å²) in [6, 6.07) is 3.32. The molecule has 0 aromatic carbocycles. The normalized spacial score (nSPS) is 13.4. The molecular weight excluding hydrogens is 454 g/mol. The molecule has 1 aliphatic carbocycles. The molecule has 0 bridgehead atoms. The van der Waals surface area contributed by atoms with Crippen molar-refractivity contribution in [3.8, 4) is 11.5 Å². The lowest BCUT2D eigenvalue weighted by Gasteiger charge is -2.27. The second-order valence-corrected chi connectivity index (χ2v) is 9.36. The third-order valence-corrected chi connectivity index (χ3v) is 5.07. The Kier molecular flexibility index (Phi) is 6.29. The van der Waals surface area contributed by atoms with Crippen molar-refractivity contribution in [3.05, 3.63) is 42.2 Å². The summed E-state index contributed by atoms with van der Waals surface area (Å²) in [6.07, 6.45) is 5.80. The number of carbonyl (C=O) groups excluding carboxylic acids is 3. The molecule has 3 aromatic heterocycles. The summed E-state index contributed by atoms with van der Waals surface area (Å²) < 4.78 is 12.4. The number of primary amides is 1. The number of hydrogen-bond acceptors (Lipinski definition) is 8. The van der Waals surface area contributed by atoms with Gasteiger partial charge in [-0.25, -0.2) is 14.8 Å². The number of oxazole rings is 1. The van der Waals surface area contributed by atoms with Crippen molar-refractivity contribution in [2.75, 3.05) is 16.8 Å². The number of nitrogens with zero attached hydrogens (tertiary/aromatic N) is 5. The molecule has 1 fully saturated rings. The predicted molar refractivity (Wildman–Crippen MR) is 126 cm³/mol. The van der Waals surface area contributed by atoms with Gasteiger partial charge in [0.25, 0.3) is 11.8 Å². The zero-order valence-electron chi connectivity index (χ0n) is 19.9. The van der Waals surface area contributed by atoms with E-state index in [1.54, 1.807) is 40.0 Å². The van der Waals surface area contributed by atoms with E-state index >= 15 is 0 Å². The van der Waals surface area contributed by atoms with E-state index in [1.165, 1.54) is 28.2 Å². The van der Waals surface area contributed by atoms with Crippen molar-refractivity contribution in [3.63, 3.8) is 0 Å². The number of amides is 3. The van der Waals surface area contributed by atoms with Crippen molar-refractivity contribution in [1.82, 2.24) is 19.7 Å². The van der Waals surface area contributed by atoms with E-state index in [2.05, 4.69) is 20.4 Å². The third-order valence-electron chi connectivity index (χ3n) is 5.07. The minimum atomic E-state index is -0.771. The number of nitrogens with one attached hydrogen (secondary N) is 1. The Labute approximate surface area is 201 Å². The number of pyridine rings is 1. The molecule has 0 saturated heterocycles. The number of rotatable bonds is 7. The van der Waals surface area contributed by atoms with Crippen molar-refractivity contribution in [1.29, 1.82) is 0 Å². The molecule has 35 heavy (non-hydrogen) atoms. The molecule has 3 aromatic rings. The van der Waals surface area contributed by atoms with E-state index in [0.29, 0.717) is 23.8 Å². The highest BCUT2D eigenvalue weighted by Crippen LogP contribution is 2.32. The second kappa shape index (κ2) is 9.20. The zero-order valence-corrected chi connectivity index (χ0v) is 19.9. The second-order valence-electron chi connectivity index (χ2n) is 9.36. The van der Waals surface area contributed by atoms with Gasteiger partial charge in [-0.1, -0.05) is 0 Å². The molecule has 1 saturated carbocycles. The minimum Gasteiger partial charge on any atom is -0.444 e. The van der Waals surface area contributed by atoms with Crippen molar-refractivity contribution in [2.24, 2.45) is 18.7 Å². The molecule has 0 spiro atoms. The van der Waals surface area contributed by atoms with Crippen LogP contribution in [0, 0.1) is 5.92 Å². The average Bonchev–Trinajstić information content (AvgIpc) is 3.31. The molecule has 4 rings (SSSR count). The first-order valence-corrected chi connectivity index (χ1v) is 11.1. The molecule has 0 aliphatic heterocycles. The van der Waals surface area contributed by atoms with Crippen molar-refractivity contribution in [2.45, 2.75) is 39.2 Å². The Hall–Kier alpha value is -4.22. The van der Waals surface area contributed by atoms with Gasteiger partial charge in [0.1, 0.15) is 17.7 Å². The molecule has 1 aliphatic rings. The number of ether oxygens (including phenoxy) is 1. The lowest BCUT2D eigenvalue weighted by Crippen LogP contribution is -2.38. The molecule has 184 valence electrons. The van der Waals surface area contributed by atoms with Gasteiger partial charge in [-0.2, -0.15) is 5.10 Å². The van der Waals surface area contributed by atoms with Gasteiger partial charge in [0.15, 0.2) is 11.4 Å². The van der Waals surface area contributed by atoms with Gasteiger partial charge < -0.3 is 20.2 Å². The molecule has 0 radical (unpaired) electrons. The summed E-state index contributed by atoms with van der Waals surface area (Å²) in [4.78, 5) is 47.2. The molecule has 0 unspecified atom stereocenters. The monoisotopic (exact) mass is 481 g/mol. The Morgan fingerprint density at radius 3 is 2.71 bits per heavy atom. The number of nitrogens with two attached hydrogens (primary N) is 1. The summed E-state index contributed by atoms with van der Waals surface area (Å²) in [5, 5.41) is 6.49. The van der Waals surface area contributed by atoms with Crippen LogP contribution in [0.4, 0.5) is 16.3 Å². The summed E-state index contributed by atoms with van der Waals surface area (Å²) >= 11 is 0. The fraction of sp³-hybridized carbons (Fsp3) is 0.391. The lowest BCUT2D eigenvalue weighted by atomic mass is 10.2. The molecule has 0 atom stereocenters. The first-order chi connectivity index (χ1) is 16.5. The maximum atomic E-state index is 12.8. The van der Waals surface area contributed by atoms with Crippen LogP contribution in [0.15, 0.2) is 35.2 Å². The summed E-state index contributed by atoms with van der Waals surface area (Å²) in [6.45, 7) is 5.92. The van der Waals surface area contributed by atoms with Crippen molar-refractivity contribution >= 4 is 29.4 Å². The van der Waals surface area contributed by atoms with Gasteiger partial charge in [-0.15, -0.1) is 0 Å². The fourth-order valence-corrected chi connectivity index (χ4v) is 3.30. The smallest absolute Gasteiger partial charge is 0.416 e. The molecule has 3 heterocycles. The topological polar surface area (TPSA) is 158 Å². The van der Waals surface area contributed by atoms with Gasteiger partial charge in [0, 0.05) is 31.5 Å². The van der Waals surface area contributed by atoms with E-state index in [9.17, 15) is 14.4 Å². The summed E-state index contributed by atoms with van der Waals surface area (Å²) in [7, 11) is 1.60. The highest BCUT2D eigenvalue weighted by molar-refractivity contribution is 6.07. The maximum Gasteiger partial charge on any atom is 0.416 e. The zero-order chi connectivity index (χ0) is 25.3. The highest BCUT2D eigenvalue weighted by Gasteiger charge is 2.31. The Balaban J connectivity index is 1.55. The predicted octanol–water partition coefficient (Wildman–Crippen LogP) is 2.97. The van der Waals surface area contributed by atoms with Crippen molar-refractivity contribution < 1.29 is 23.5 Å². The van der Waals surface area contributed by atoms with Crippen LogP contribution in [-0.4, -0.2) is 49.8 Å². The molecule has 12 nitrogen and oxygen atoms in total. The highest BCUT2D eigenvalue weighted by atomic mass is 16.6.